The van der Waals surface area contributed by atoms with Gasteiger partial charge in [-0.2, -0.15) is 0 Å². The fourth-order valence-electron chi connectivity index (χ4n) is 1.82. The van der Waals surface area contributed by atoms with Crippen LogP contribution in [0.2, 0.25) is 0 Å². The first-order valence-electron chi connectivity index (χ1n) is 5.43. The molecule has 0 aromatic carbocycles. The summed E-state index contributed by atoms with van der Waals surface area (Å²) in [7, 11) is 0. The van der Waals surface area contributed by atoms with Gasteiger partial charge in [-0.25, -0.2) is 4.79 Å². The maximum absolute atomic E-state index is 11.5. The van der Waals surface area contributed by atoms with Gasteiger partial charge in [-0.1, -0.05) is 6.08 Å². The summed E-state index contributed by atoms with van der Waals surface area (Å²) in [4.78, 5) is 22.5. The number of allylic oxidation sites excluding steroid dienone is 1. The van der Waals surface area contributed by atoms with Gasteiger partial charge in [0.05, 0.1) is 6.61 Å². The molecule has 6 heteroatoms. The second-order valence-electron chi connectivity index (χ2n) is 3.97. The number of aliphatic hydroxyl groups excluding tert-OH is 1. The van der Waals surface area contributed by atoms with Crippen LogP contribution in [0.15, 0.2) is 12.7 Å². The molecule has 2 rings (SSSR count). The van der Waals surface area contributed by atoms with E-state index in [0.717, 1.165) is 6.42 Å². The third-order valence-electron chi connectivity index (χ3n) is 2.73. The third-order valence-corrected chi connectivity index (χ3v) is 2.73. The lowest BCUT2D eigenvalue weighted by atomic mass is 10.1. The quantitative estimate of drug-likeness (QED) is 0.408. The number of carbonyl (C=O) groups is 2. The van der Waals surface area contributed by atoms with Crippen LogP contribution in [0.5, 0.6) is 0 Å². The molecule has 0 aromatic rings. The number of hydrogen-bond donors (Lipinski definition) is 1. The largest absolute Gasteiger partial charge is 0.449 e. The number of rotatable bonds is 4. The molecule has 0 amide bonds. The average molecular weight is 242 g/mol. The number of hydrogen-bond acceptors (Lipinski definition) is 6. The van der Waals surface area contributed by atoms with Crippen LogP contribution in [0.1, 0.15) is 12.8 Å². The topological polar surface area (TPSA) is 82.1 Å². The van der Waals surface area contributed by atoms with Crippen molar-refractivity contribution in [3.8, 4) is 0 Å². The lowest BCUT2D eigenvalue weighted by Gasteiger charge is -2.14. The normalized spacial score (nSPS) is 37.2. The number of carbonyl (C=O) groups excluding carboxylic acids is 2. The molecular formula is C11H14O6. The molecule has 2 heterocycles. The van der Waals surface area contributed by atoms with Crippen LogP contribution in [0.3, 0.4) is 0 Å². The van der Waals surface area contributed by atoms with E-state index in [2.05, 4.69) is 6.58 Å². The van der Waals surface area contributed by atoms with E-state index in [1.807, 2.05) is 0 Å². The predicted molar refractivity (Wildman–Crippen MR) is 54.9 cm³/mol. The minimum absolute atomic E-state index is 0.179. The van der Waals surface area contributed by atoms with Crippen LogP contribution < -0.4 is 0 Å². The lowest BCUT2D eigenvalue weighted by Crippen LogP contribution is -2.36. The van der Waals surface area contributed by atoms with Crippen molar-refractivity contribution >= 4 is 11.8 Å². The molecule has 0 aliphatic carbocycles. The molecule has 4 atom stereocenters. The molecule has 94 valence electrons. The molecule has 0 spiro atoms. The Hall–Kier alpha value is -1.24. The van der Waals surface area contributed by atoms with Gasteiger partial charge in [-0.15, -0.1) is 6.58 Å². The predicted octanol–water partition coefficient (Wildman–Crippen LogP) is -0.451. The first-order valence-corrected chi connectivity index (χ1v) is 5.43. The number of Topliss-reactive ketones (excluding diaryl/α,β-unsaturated/α-hetero) is 1. The van der Waals surface area contributed by atoms with E-state index in [0.29, 0.717) is 6.42 Å². The van der Waals surface area contributed by atoms with Gasteiger partial charge in [-0.3, -0.25) is 4.79 Å². The van der Waals surface area contributed by atoms with Crippen molar-refractivity contribution in [3.05, 3.63) is 12.7 Å². The summed E-state index contributed by atoms with van der Waals surface area (Å²) < 4.78 is 15.5. The summed E-state index contributed by atoms with van der Waals surface area (Å²) in [6, 6.07) is 0. The highest BCUT2D eigenvalue weighted by molar-refractivity contribution is 6.09. The van der Waals surface area contributed by atoms with Gasteiger partial charge in [0.2, 0.25) is 11.9 Å². The second kappa shape index (κ2) is 4.95. The molecule has 2 aliphatic heterocycles. The van der Waals surface area contributed by atoms with Crippen molar-refractivity contribution < 1.29 is 28.9 Å². The summed E-state index contributed by atoms with van der Waals surface area (Å²) in [5.74, 6) is -1.58. The first kappa shape index (κ1) is 12.2. The number of aliphatic hydroxyl groups is 1. The zero-order valence-electron chi connectivity index (χ0n) is 9.20. The average Bonchev–Trinajstić information content (AvgIpc) is 2.87. The third kappa shape index (κ3) is 2.38. The first-order chi connectivity index (χ1) is 8.13. The van der Waals surface area contributed by atoms with E-state index in [-0.39, 0.29) is 6.61 Å². The molecule has 0 radical (unpaired) electrons. The van der Waals surface area contributed by atoms with Gasteiger partial charge in [-0.05, 0) is 6.42 Å². The number of cyclic esters (lactones) is 1. The second-order valence-corrected chi connectivity index (χ2v) is 3.97. The zero-order valence-corrected chi connectivity index (χ0v) is 9.20. The summed E-state index contributed by atoms with van der Waals surface area (Å²) in [5, 5.41) is 9.17. The van der Waals surface area contributed by atoms with E-state index in [4.69, 9.17) is 14.2 Å². The Labute approximate surface area is 98.1 Å². The van der Waals surface area contributed by atoms with Crippen molar-refractivity contribution in [1.82, 2.24) is 0 Å². The van der Waals surface area contributed by atoms with Gasteiger partial charge in [0.25, 0.3) is 0 Å². The number of ketones is 1. The molecule has 1 N–H and O–H groups in total. The van der Waals surface area contributed by atoms with Crippen molar-refractivity contribution in [2.24, 2.45) is 0 Å². The van der Waals surface area contributed by atoms with Gasteiger partial charge in [0.1, 0.15) is 6.10 Å². The Bertz CT molecular complexity index is 339. The van der Waals surface area contributed by atoms with Gasteiger partial charge in [0.15, 0.2) is 12.4 Å². The fraction of sp³-hybridized carbons (Fsp3) is 0.636. The highest BCUT2D eigenvalue weighted by atomic mass is 16.7. The van der Waals surface area contributed by atoms with Crippen LogP contribution in [0.4, 0.5) is 0 Å². The van der Waals surface area contributed by atoms with Crippen LogP contribution in [-0.2, 0) is 23.8 Å². The minimum atomic E-state index is -1.68. The molecular weight excluding hydrogens is 228 g/mol. The van der Waals surface area contributed by atoms with E-state index in [1.54, 1.807) is 6.08 Å². The Balaban J connectivity index is 1.90. The SMILES string of the molecule is C=CCCC1OCC(C2OC(=O)C(O)C2=O)O1. The number of ether oxygens (including phenoxy) is 3. The Kier molecular flexibility index (Phi) is 3.56. The maximum Gasteiger partial charge on any atom is 0.343 e. The van der Waals surface area contributed by atoms with Gasteiger partial charge in [0, 0.05) is 6.42 Å². The molecule has 2 aliphatic rings. The van der Waals surface area contributed by atoms with Gasteiger partial charge < -0.3 is 19.3 Å². The molecule has 17 heavy (non-hydrogen) atoms. The van der Waals surface area contributed by atoms with Crippen LogP contribution in [0, 0.1) is 0 Å². The van der Waals surface area contributed by atoms with Gasteiger partial charge >= 0.3 is 5.97 Å². The molecule has 4 unspecified atom stereocenters. The zero-order chi connectivity index (χ0) is 12.4. The van der Waals surface area contributed by atoms with Crippen molar-refractivity contribution in [1.29, 1.82) is 0 Å². The van der Waals surface area contributed by atoms with Crippen molar-refractivity contribution in [3.63, 3.8) is 0 Å². The molecule has 0 saturated carbocycles. The van der Waals surface area contributed by atoms with E-state index < -0.39 is 36.4 Å². The van der Waals surface area contributed by atoms with Crippen LogP contribution in [0.25, 0.3) is 0 Å². The van der Waals surface area contributed by atoms with Crippen molar-refractivity contribution in [2.45, 2.75) is 37.4 Å². The Morgan fingerprint density at radius 1 is 1.47 bits per heavy atom. The minimum Gasteiger partial charge on any atom is -0.449 e. The molecule has 2 saturated heterocycles. The highest BCUT2D eigenvalue weighted by Gasteiger charge is 2.49. The number of esters is 1. The van der Waals surface area contributed by atoms with Crippen LogP contribution >= 0.6 is 0 Å². The monoisotopic (exact) mass is 242 g/mol. The highest BCUT2D eigenvalue weighted by Crippen LogP contribution is 2.24. The molecule has 6 nitrogen and oxygen atoms in total. The summed E-state index contributed by atoms with van der Waals surface area (Å²) in [5.41, 5.74) is 0. The summed E-state index contributed by atoms with van der Waals surface area (Å²) >= 11 is 0. The van der Waals surface area contributed by atoms with E-state index in [9.17, 15) is 14.7 Å². The summed E-state index contributed by atoms with van der Waals surface area (Å²) in [6.45, 7) is 3.76. The van der Waals surface area contributed by atoms with E-state index in [1.165, 1.54) is 0 Å². The van der Waals surface area contributed by atoms with Crippen molar-refractivity contribution in [2.75, 3.05) is 6.61 Å². The van der Waals surface area contributed by atoms with E-state index >= 15 is 0 Å². The Morgan fingerprint density at radius 3 is 2.82 bits per heavy atom. The smallest absolute Gasteiger partial charge is 0.343 e. The maximum atomic E-state index is 11.5. The standard InChI is InChI=1S/C11H14O6/c1-2-3-4-7-15-5-6(16-7)10-8(12)9(13)11(14)17-10/h2,6-7,9-10,13H,1,3-5H2. The molecule has 2 fully saturated rings. The molecule has 0 bridgehead atoms. The Morgan fingerprint density at radius 2 is 2.24 bits per heavy atom. The lowest BCUT2D eigenvalue weighted by molar-refractivity contribution is -0.152. The van der Waals surface area contributed by atoms with Crippen LogP contribution in [-0.4, -0.2) is 48.1 Å². The molecule has 0 aromatic heterocycles. The summed E-state index contributed by atoms with van der Waals surface area (Å²) in [6.07, 6.45) is -0.664. The fourth-order valence-corrected chi connectivity index (χ4v) is 1.82.